The summed E-state index contributed by atoms with van der Waals surface area (Å²) in [7, 11) is 3.99. The van der Waals surface area contributed by atoms with E-state index >= 15 is 0 Å². The van der Waals surface area contributed by atoms with Crippen molar-refractivity contribution in [2.24, 2.45) is 11.8 Å². The Hall–Kier alpha value is -3.75. The van der Waals surface area contributed by atoms with Crippen LogP contribution in [-0.2, 0) is 28.5 Å². The summed E-state index contributed by atoms with van der Waals surface area (Å²) in [5.41, 5.74) is -0.00744. The molecular weight excluding hydrogens is 591 g/mol. The van der Waals surface area contributed by atoms with Gasteiger partial charge in [-0.05, 0) is 62.8 Å². The van der Waals surface area contributed by atoms with Crippen molar-refractivity contribution < 1.29 is 47.6 Å². The maximum Gasteiger partial charge on any atom is 0.412 e. The van der Waals surface area contributed by atoms with Gasteiger partial charge in [0.25, 0.3) is 0 Å². The first-order chi connectivity index (χ1) is 21.7. The van der Waals surface area contributed by atoms with Crippen LogP contribution in [0, 0.1) is 17.7 Å². The Kier molecular flexibility index (Phi) is 14.5. The van der Waals surface area contributed by atoms with Crippen LogP contribution in [0.1, 0.15) is 43.8 Å². The van der Waals surface area contributed by atoms with Crippen LogP contribution in [0.15, 0.2) is 36.0 Å². The third-order valence-electron chi connectivity index (χ3n) is 7.99. The molecule has 3 rings (SSSR count). The van der Waals surface area contributed by atoms with Crippen LogP contribution in [0.25, 0.3) is 0 Å². The lowest BCUT2D eigenvalue weighted by Gasteiger charge is -2.38. The minimum atomic E-state index is -1.52. The van der Waals surface area contributed by atoms with Gasteiger partial charge in [0.2, 0.25) is 0 Å². The van der Waals surface area contributed by atoms with Crippen LogP contribution in [0.3, 0.4) is 0 Å². The smallest absolute Gasteiger partial charge is 0.412 e. The van der Waals surface area contributed by atoms with Gasteiger partial charge in [-0.2, -0.15) is 0 Å². The first-order valence-corrected chi connectivity index (χ1v) is 15.2. The number of ether oxygens (including phenoxy) is 4. The molecule has 0 aromatic heterocycles. The number of halogens is 1. The number of carboxylic acid groups (broad SMARTS) is 1. The minimum absolute atomic E-state index is 0.0751. The number of hydrogen-bond acceptors (Lipinski definition) is 9. The average Bonchev–Trinajstić information content (AvgIpc) is 3.04. The molecule has 2 saturated heterocycles. The molecule has 2 heterocycles. The van der Waals surface area contributed by atoms with Gasteiger partial charge in [-0.3, -0.25) is 4.90 Å². The molecular formula is C31H45FN4O9. The van der Waals surface area contributed by atoms with Crippen molar-refractivity contribution in [2.45, 2.75) is 44.2 Å². The molecule has 1 aromatic rings. The summed E-state index contributed by atoms with van der Waals surface area (Å²) in [6.07, 6.45) is 2.77. The Morgan fingerprint density at radius 2 is 2.00 bits per heavy atom. The van der Waals surface area contributed by atoms with E-state index < -0.39 is 35.7 Å². The van der Waals surface area contributed by atoms with Gasteiger partial charge < -0.3 is 39.6 Å². The van der Waals surface area contributed by atoms with E-state index in [0.717, 1.165) is 46.2 Å². The number of nitrogens with zero attached hydrogens (tertiary/aromatic N) is 2. The minimum Gasteiger partial charge on any atom is -0.466 e. The molecule has 250 valence electrons. The molecule has 2 aliphatic heterocycles. The van der Waals surface area contributed by atoms with Crippen molar-refractivity contribution in [3.8, 4) is 0 Å². The molecule has 1 aromatic carbocycles. The Labute approximate surface area is 263 Å². The lowest BCUT2D eigenvalue weighted by Crippen LogP contribution is -2.52. The number of nitrogens with one attached hydrogen (secondary N) is 2. The van der Waals surface area contributed by atoms with Gasteiger partial charge in [-0.15, -0.1) is 0 Å². The average molecular weight is 637 g/mol. The van der Waals surface area contributed by atoms with Crippen LogP contribution < -0.4 is 10.6 Å². The highest BCUT2D eigenvalue weighted by Crippen LogP contribution is 2.33. The molecule has 0 bridgehead atoms. The molecule has 1 unspecified atom stereocenters. The standard InChI is InChI=1S/C31H45FN4O9/c1-33-18-25(15-21-7-6-13-44-20-21)34-30(39)35-11-5-9-23(19-35)28(22-8-4-10-24(32)16-22)45-14-12-36(31(40)41)26(29(38)43-3)17-27(37)42-2/h4,8,10,16-17,21,23,25,28,33H,5-7,9,11-15,18-20H2,1-3H3,(H,34,39)(H,40,41)/b26-17-/t21-,23+,25-,28?/m0/s1. The number of methoxy groups -OCH3 is 2. The van der Waals surface area contributed by atoms with Gasteiger partial charge in [0.15, 0.2) is 0 Å². The number of likely N-dealkylation sites (tertiary alicyclic amines) is 1. The number of amides is 3. The van der Waals surface area contributed by atoms with Crippen molar-refractivity contribution in [3.05, 3.63) is 47.4 Å². The number of piperidine rings is 1. The molecule has 0 radical (unpaired) electrons. The maximum absolute atomic E-state index is 14.3. The highest BCUT2D eigenvalue weighted by atomic mass is 19.1. The Morgan fingerprint density at radius 3 is 2.64 bits per heavy atom. The number of carbonyl (C=O) groups excluding carboxylic acids is 3. The predicted molar refractivity (Wildman–Crippen MR) is 161 cm³/mol. The van der Waals surface area contributed by atoms with Crippen molar-refractivity contribution in [2.75, 3.05) is 67.3 Å². The van der Waals surface area contributed by atoms with Crippen LogP contribution in [0.5, 0.6) is 0 Å². The molecule has 0 saturated carbocycles. The summed E-state index contributed by atoms with van der Waals surface area (Å²) in [6.45, 7) is 2.41. The fraction of sp³-hybridized carbons (Fsp3) is 0.613. The molecule has 14 heteroatoms. The van der Waals surface area contributed by atoms with E-state index in [1.165, 1.54) is 12.1 Å². The summed E-state index contributed by atoms with van der Waals surface area (Å²) >= 11 is 0. The van der Waals surface area contributed by atoms with E-state index in [2.05, 4.69) is 20.1 Å². The van der Waals surface area contributed by atoms with E-state index in [9.17, 15) is 28.7 Å². The lowest BCUT2D eigenvalue weighted by atomic mass is 9.88. The topological polar surface area (TPSA) is 156 Å². The number of esters is 2. The van der Waals surface area contributed by atoms with Gasteiger partial charge in [-0.25, -0.2) is 23.6 Å². The first kappa shape index (κ1) is 35.7. The number of rotatable bonds is 14. The highest BCUT2D eigenvalue weighted by molar-refractivity contribution is 5.98. The van der Waals surface area contributed by atoms with E-state index in [1.807, 2.05) is 7.05 Å². The molecule has 0 aliphatic carbocycles. The fourth-order valence-corrected chi connectivity index (χ4v) is 5.84. The first-order valence-electron chi connectivity index (χ1n) is 15.2. The quantitative estimate of drug-likeness (QED) is 0.205. The summed E-state index contributed by atoms with van der Waals surface area (Å²) in [5.74, 6) is -2.31. The summed E-state index contributed by atoms with van der Waals surface area (Å²) in [5, 5.41) is 16.1. The monoisotopic (exact) mass is 636 g/mol. The normalized spacial score (nSPS) is 20.1. The molecule has 2 fully saturated rings. The number of benzene rings is 1. The molecule has 0 spiro atoms. The predicted octanol–water partition coefficient (Wildman–Crippen LogP) is 2.92. The van der Waals surface area contributed by atoms with Crippen LogP contribution in [0.2, 0.25) is 0 Å². The summed E-state index contributed by atoms with van der Waals surface area (Å²) in [6, 6.07) is 5.67. The van der Waals surface area contributed by atoms with Gasteiger partial charge >= 0.3 is 24.1 Å². The fourth-order valence-electron chi connectivity index (χ4n) is 5.84. The second-order valence-corrected chi connectivity index (χ2v) is 11.2. The van der Waals surface area contributed by atoms with Gasteiger partial charge in [0.05, 0.1) is 39.6 Å². The molecule has 3 amide bonds. The summed E-state index contributed by atoms with van der Waals surface area (Å²) < 4.78 is 35.3. The number of carbonyl (C=O) groups is 4. The second-order valence-electron chi connectivity index (χ2n) is 11.2. The molecule has 2 aliphatic rings. The Morgan fingerprint density at radius 1 is 1.20 bits per heavy atom. The van der Waals surface area contributed by atoms with Crippen molar-refractivity contribution >= 4 is 24.1 Å². The van der Waals surface area contributed by atoms with Crippen molar-refractivity contribution in [1.29, 1.82) is 0 Å². The third-order valence-corrected chi connectivity index (χ3v) is 7.99. The number of hydrogen-bond donors (Lipinski definition) is 3. The molecule has 13 nitrogen and oxygen atoms in total. The zero-order valence-corrected chi connectivity index (χ0v) is 26.2. The molecule has 3 N–H and O–H groups in total. The van der Waals surface area contributed by atoms with Crippen LogP contribution in [-0.4, -0.2) is 112 Å². The van der Waals surface area contributed by atoms with Crippen molar-refractivity contribution in [1.82, 2.24) is 20.4 Å². The second kappa shape index (κ2) is 18.3. The Balaban J connectivity index is 1.74. The highest BCUT2D eigenvalue weighted by Gasteiger charge is 2.33. The van der Waals surface area contributed by atoms with Crippen LogP contribution >= 0.6 is 0 Å². The van der Waals surface area contributed by atoms with E-state index in [0.29, 0.717) is 55.5 Å². The van der Waals surface area contributed by atoms with E-state index in [-0.39, 0.29) is 31.1 Å². The van der Waals surface area contributed by atoms with E-state index in [1.54, 1.807) is 17.0 Å². The van der Waals surface area contributed by atoms with Gasteiger partial charge in [-0.1, -0.05) is 12.1 Å². The number of urea groups is 1. The Bertz CT molecular complexity index is 1180. The van der Waals surface area contributed by atoms with E-state index in [4.69, 9.17) is 9.47 Å². The zero-order valence-electron chi connectivity index (χ0n) is 26.2. The molecule has 4 atom stereocenters. The SMILES string of the molecule is CNC[C@H](C[C@@H]1CCCOC1)NC(=O)N1CCC[C@@H](C(OCCN(C(=O)O)/C(=C\C(=O)OC)C(=O)OC)c2cccc(F)c2)C1. The van der Waals surface area contributed by atoms with Crippen molar-refractivity contribution in [3.63, 3.8) is 0 Å². The van der Waals surface area contributed by atoms with Gasteiger partial charge in [0, 0.05) is 44.8 Å². The molecule has 45 heavy (non-hydrogen) atoms. The third kappa shape index (κ3) is 11.0. The summed E-state index contributed by atoms with van der Waals surface area (Å²) in [4.78, 5) is 52.0. The van der Waals surface area contributed by atoms with Gasteiger partial charge in [0.1, 0.15) is 11.5 Å². The van der Waals surface area contributed by atoms with Crippen LogP contribution in [0.4, 0.5) is 14.0 Å². The largest absolute Gasteiger partial charge is 0.466 e. The number of likely N-dealkylation sites (N-methyl/N-ethyl adjacent to an activating group) is 1. The maximum atomic E-state index is 14.3. The lowest BCUT2D eigenvalue weighted by molar-refractivity contribution is -0.140. The zero-order chi connectivity index (χ0) is 32.8.